The number of nitrogens with two attached hydrogens (primary N) is 1. The van der Waals surface area contributed by atoms with Crippen LogP contribution in [0.25, 0.3) is 0 Å². The Morgan fingerprint density at radius 2 is 2.00 bits per heavy atom. The van der Waals surface area contributed by atoms with Gasteiger partial charge in [0, 0.05) is 6.54 Å². The van der Waals surface area contributed by atoms with Crippen molar-refractivity contribution >= 4 is 17.8 Å². The zero-order chi connectivity index (χ0) is 16.9. The van der Waals surface area contributed by atoms with Crippen LogP contribution in [0.1, 0.15) is 33.1 Å². The SMILES string of the molecule is CC(C)C[C@H](NC(=O)[C@@H](N)CO)C(=O)N1CCC[C@H]1C(=O)O. The van der Waals surface area contributed by atoms with Crippen LogP contribution < -0.4 is 11.1 Å². The average molecular weight is 315 g/mol. The zero-order valence-electron chi connectivity index (χ0n) is 13.0. The first-order valence-electron chi connectivity index (χ1n) is 7.48. The smallest absolute Gasteiger partial charge is 0.326 e. The Morgan fingerprint density at radius 1 is 1.36 bits per heavy atom. The number of hydrogen-bond acceptors (Lipinski definition) is 5. The van der Waals surface area contributed by atoms with Crippen molar-refractivity contribution in [3.05, 3.63) is 0 Å². The third-order valence-corrected chi connectivity index (χ3v) is 3.68. The van der Waals surface area contributed by atoms with Gasteiger partial charge in [0.25, 0.3) is 0 Å². The number of carbonyl (C=O) groups excluding carboxylic acids is 2. The van der Waals surface area contributed by atoms with Crippen molar-refractivity contribution in [3.63, 3.8) is 0 Å². The van der Waals surface area contributed by atoms with Gasteiger partial charge in [-0.1, -0.05) is 13.8 Å². The van der Waals surface area contributed by atoms with E-state index in [0.717, 1.165) is 0 Å². The Kier molecular flexibility index (Phi) is 6.76. The topological polar surface area (TPSA) is 133 Å². The molecule has 2 amide bonds. The summed E-state index contributed by atoms with van der Waals surface area (Å²) in [5.74, 6) is -1.93. The van der Waals surface area contributed by atoms with Gasteiger partial charge in [0.2, 0.25) is 11.8 Å². The van der Waals surface area contributed by atoms with E-state index in [-0.39, 0.29) is 5.92 Å². The van der Waals surface area contributed by atoms with Gasteiger partial charge in [-0.05, 0) is 25.2 Å². The molecule has 1 heterocycles. The van der Waals surface area contributed by atoms with Crippen molar-refractivity contribution < 1.29 is 24.6 Å². The van der Waals surface area contributed by atoms with Gasteiger partial charge in [-0.3, -0.25) is 9.59 Å². The average Bonchev–Trinajstić information content (AvgIpc) is 2.93. The lowest BCUT2D eigenvalue weighted by molar-refractivity contribution is -0.149. The van der Waals surface area contributed by atoms with Crippen molar-refractivity contribution in [2.75, 3.05) is 13.2 Å². The highest BCUT2D eigenvalue weighted by molar-refractivity contribution is 5.92. The van der Waals surface area contributed by atoms with Gasteiger partial charge in [-0.2, -0.15) is 0 Å². The molecule has 0 aromatic rings. The van der Waals surface area contributed by atoms with E-state index < -0.39 is 42.5 Å². The lowest BCUT2D eigenvalue weighted by Gasteiger charge is -2.28. The monoisotopic (exact) mass is 315 g/mol. The Labute approximate surface area is 129 Å². The van der Waals surface area contributed by atoms with Crippen LogP contribution >= 0.6 is 0 Å². The van der Waals surface area contributed by atoms with Gasteiger partial charge in [-0.25, -0.2) is 4.79 Å². The third kappa shape index (κ3) is 4.67. The fourth-order valence-corrected chi connectivity index (χ4v) is 2.54. The molecule has 22 heavy (non-hydrogen) atoms. The molecule has 1 aliphatic heterocycles. The number of aliphatic hydroxyl groups excluding tert-OH is 1. The van der Waals surface area contributed by atoms with Gasteiger partial charge in [0.1, 0.15) is 18.1 Å². The van der Waals surface area contributed by atoms with Crippen LogP contribution in [0.2, 0.25) is 0 Å². The minimum absolute atomic E-state index is 0.130. The summed E-state index contributed by atoms with van der Waals surface area (Å²) >= 11 is 0. The van der Waals surface area contributed by atoms with Crippen LogP contribution in [0.5, 0.6) is 0 Å². The standard InChI is InChI=1S/C14H25N3O5/c1-8(2)6-10(16-12(19)9(15)7-18)13(20)17-5-3-4-11(17)14(21)22/h8-11,18H,3-7,15H2,1-2H3,(H,16,19)(H,21,22)/t9-,10-,11-/m0/s1. The molecule has 0 bridgehead atoms. The number of carboxylic acid groups (broad SMARTS) is 1. The molecule has 0 aliphatic carbocycles. The molecular weight excluding hydrogens is 290 g/mol. The fourth-order valence-electron chi connectivity index (χ4n) is 2.54. The number of hydrogen-bond donors (Lipinski definition) is 4. The van der Waals surface area contributed by atoms with Crippen LogP contribution in [0.4, 0.5) is 0 Å². The number of aliphatic hydroxyl groups is 1. The predicted molar refractivity (Wildman–Crippen MR) is 78.8 cm³/mol. The van der Waals surface area contributed by atoms with Gasteiger partial charge >= 0.3 is 5.97 Å². The summed E-state index contributed by atoms with van der Waals surface area (Å²) in [5.41, 5.74) is 5.44. The maximum absolute atomic E-state index is 12.6. The maximum Gasteiger partial charge on any atom is 0.326 e. The van der Waals surface area contributed by atoms with E-state index in [0.29, 0.717) is 25.8 Å². The molecule has 0 saturated carbocycles. The molecular formula is C14H25N3O5. The summed E-state index contributed by atoms with van der Waals surface area (Å²) in [4.78, 5) is 36.9. The molecule has 1 rings (SSSR count). The summed E-state index contributed by atoms with van der Waals surface area (Å²) in [6.07, 6.45) is 1.42. The van der Waals surface area contributed by atoms with Crippen LogP contribution in [-0.2, 0) is 14.4 Å². The van der Waals surface area contributed by atoms with Crippen molar-refractivity contribution in [1.82, 2.24) is 10.2 Å². The number of nitrogens with zero attached hydrogens (tertiary/aromatic N) is 1. The van der Waals surface area contributed by atoms with E-state index >= 15 is 0 Å². The second-order valence-electron chi connectivity index (χ2n) is 6.01. The number of aliphatic carboxylic acids is 1. The van der Waals surface area contributed by atoms with Gasteiger partial charge in [0.05, 0.1) is 6.61 Å². The summed E-state index contributed by atoms with van der Waals surface area (Å²) in [7, 11) is 0. The highest BCUT2D eigenvalue weighted by Crippen LogP contribution is 2.20. The summed E-state index contributed by atoms with van der Waals surface area (Å²) < 4.78 is 0. The quantitative estimate of drug-likeness (QED) is 0.472. The molecule has 0 unspecified atom stereocenters. The van der Waals surface area contributed by atoms with E-state index in [1.54, 1.807) is 0 Å². The van der Waals surface area contributed by atoms with Crippen molar-refractivity contribution in [3.8, 4) is 0 Å². The number of carbonyl (C=O) groups is 3. The minimum Gasteiger partial charge on any atom is -0.480 e. The van der Waals surface area contributed by atoms with Crippen molar-refractivity contribution in [1.29, 1.82) is 0 Å². The third-order valence-electron chi connectivity index (χ3n) is 3.68. The molecule has 1 fully saturated rings. The largest absolute Gasteiger partial charge is 0.480 e. The molecule has 5 N–H and O–H groups in total. The van der Waals surface area contributed by atoms with Crippen molar-refractivity contribution in [2.45, 2.75) is 51.2 Å². The van der Waals surface area contributed by atoms with Gasteiger partial charge in [0.15, 0.2) is 0 Å². The Morgan fingerprint density at radius 3 is 2.50 bits per heavy atom. The highest BCUT2D eigenvalue weighted by atomic mass is 16.4. The second kappa shape index (κ2) is 8.09. The number of rotatable bonds is 7. The molecule has 1 aliphatic rings. The predicted octanol–water partition coefficient (Wildman–Crippen LogP) is -1.09. The van der Waals surface area contributed by atoms with Gasteiger partial charge in [-0.15, -0.1) is 0 Å². The molecule has 0 spiro atoms. The number of carboxylic acids is 1. The van der Waals surface area contributed by atoms with Crippen LogP contribution in [0, 0.1) is 5.92 Å². The molecule has 126 valence electrons. The second-order valence-corrected chi connectivity index (χ2v) is 6.01. The maximum atomic E-state index is 12.6. The normalized spacial score (nSPS) is 20.8. The molecule has 0 aromatic heterocycles. The Hall–Kier alpha value is -1.67. The van der Waals surface area contributed by atoms with Crippen LogP contribution in [-0.4, -0.2) is 64.2 Å². The Bertz CT molecular complexity index is 427. The van der Waals surface area contributed by atoms with E-state index in [1.165, 1.54) is 4.90 Å². The molecule has 1 saturated heterocycles. The molecule has 8 nitrogen and oxygen atoms in total. The van der Waals surface area contributed by atoms with Crippen molar-refractivity contribution in [2.24, 2.45) is 11.7 Å². The molecule has 0 aromatic carbocycles. The first-order chi connectivity index (χ1) is 10.3. The minimum atomic E-state index is -1.10. The lowest BCUT2D eigenvalue weighted by atomic mass is 10.0. The Balaban J connectivity index is 2.84. The zero-order valence-corrected chi connectivity index (χ0v) is 13.0. The molecule has 0 radical (unpaired) electrons. The first kappa shape index (κ1) is 18.4. The number of nitrogens with one attached hydrogen (secondary N) is 1. The van der Waals surface area contributed by atoms with E-state index in [2.05, 4.69) is 5.32 Å². The highest BCUT2D eigenvalue weighted by Gasteiger charge is 2.38. The van der Waals surface area contributed by atoms with Crippen LogP contribution in [0.3, 0.4) is 0 Å². The summed E-state index contributed by atoms with van der Waals surface area (Å²) in [6.45, 7) is 3.65. The lowest BCUT2D eigenvalue weighted by Crippen LogP contribution is -2.55. The van der Waals surface area contributed by atoms with E-state index in [9.17, 15) is 19.5 Å². The van der Waals surface area contributed by atoms with E-state index in [1.807, 2.05) is 13.8 Å². The summed E-state index contributed by atoms with van der Waals surface area (Å²) in [6, 6.07) is -2.77. The fraction of sp³-hybridized carbons (Fsp3) is 0.786. The number of likely N-dealkylation sites (tertiary alicyclic amines) is 1. The summed E-state index contributed by atoms with van der Waals surface area (Å²) in [5, 5.41) is 20.6. The van der Waals surface area contributed by atoms with Crippen LogP contribution in [0.15, 0.2) is 0 Å². The van der Waals surface area contributed by atoms with Gasteiger partial charge < -0.3 is 26.2 Å². The molecule has 3 atom stereocenters. The first-order valence-corrected chi connectivity index (χ1v) is 7.48. The molecule has 8 heteroatoms. The number of amides is 2. The van der Waals surface area contributed by atoms with E-state index in [4.69, 9.17) is 10.8 Å².